The van der Waals surface area contributed by atoms with E-state index in [0.717, 1.165) is 0 Å². The van der Waals surface area contributed by atoms with Gasteiger partial charge in [-0.05, 0) is 30.3 Å². The van der Waals surface area contributed by atoms with Crippen molar-refractivity contribution >= 4 is 11.6 Å². The van der Waals surface area contributed by atoms with E-state index in [0.29, 0.717) is 54.8 Å². The first kappa shape index (κ1) is 20.8. The van der Waals surface area contributed by atoms with Crippen LogP contribution in [0.25, 0.3) is 0 Å². The molecule has 1 heterocycles. The Morgan fingerprint density at radius 3 is 2.38 bits per heavy atom. The first-order chi connectivity index (χ1) is 14.2. The largest absolute Gasteiger partial charge is 0.486 e. The van der Waals surface area contributed by atoms with E-state index in [1.54, 1.807) is 49.6 Å². The fourth-order valence-corrected chi connectivity index (χ4v) is 2.80. The Bertz CT molecular complexity index is 847. The molecule has 0 saturated heterocycles. The lowest BCUT2D eigenvalue weighted by Crippen LogP contribution is -2.16. The minimum Gasteiger partial charge on any atom is -0.486 e. The molecule has 0 unspecified atom stereocenters. The summed E-state index contributed by atoms with van der Waals surface area (Å²) < 4.78 is 26.6. The first-order valence-electron chi connectivity index (χ1n) is 9.43. The molecule has 7 nitrogen and oxygen atoms in total. The van der Waals surface area contributed by atoms with E-state index in [2.05, 4.69) is 0 Å². The number of ketones is 2. The molecule has 0 bridgehead atoms. The normalized spacial score (nSPS) is 12.4. The Kier molecular flexibility index (Phi) is 7.61. The highest BCUT2D eigenvalue weighted by Gasteiger charge is 2.16. The second-order valence-electron chi connectivity index (χ2n) is 6.40. The summed E-state index contributed by atoms with van der Waals surface area (Å²) in [6.07, 6.45) is 0.227. The lowest BCUT2D eigenvalue weighted by atomic mass is 10.0. The molecule has 0 aliphatic carbocycles. The van der Waals surface area contributed by atoms with Gasteiger partial charge in [-0.3, -0.25) is 9.59 Å². The van der Waals surface area contributed by atoms with E-state index in [9.17, 15) is 9.59 Å². The lowest BCUT2D eigenvalue weighted by Gasteiger charge is -2.18. The van der Waals surface area contributed by atoms with Crippen LogP contribution in [0.3, 0.4) is 0 Å². The molecule has 29 heavy (non-hydrogen) atoms. The summed E-state index contributed by atoms with van der Waals surface area (Å²) in [7, 11) is 1.60. The van der Waals surface area contributed by atoms with Crippen LogP contribution in [-0.4, -0.2) is 51.9 Å². The topological polar surface area (TPSA) is 80.3 Å². The fraction of sp³-hybridized carbons (Fsp3) is 0.364. The molecule has 0 saturated carbocycles. The number of rotatable bonds is 11. The van der Waals surface area contributed by atoms with Crippen LogP contribution in [0.1, 0.15) is 33.6 Å². The van der Waals surface area contributed by atoms with Crippen LogP contribution in [0.2, 0.25) is 0 Å². The van der Waals surface area contributed by atoms with Crippen molar-refractivity contribution in [1.82, 2.24) is 0 Å². The molecule has 0 spiro atoms. The maximum absolute atomic E-state index is 12.5. The third kappa shape index (κ3) is 6.04. The summed E-state index contributed by atoms with van der Waals surface area (Å²) >= 11 is 0. The van der Waals surface area contributed by atoms with Crippen LogP contribution in [0, 0.1) is 0 Å². The first-order valence-corrected chi connectivity index (χ1v) is 9.43. The molecule has 0 radical (unpaired) electrons. The van der Waals surface area contributed by atoms with Crippen molar-refractivity contribution < 1.29 is 33.3 Å². The molecule has 0 fully saturated rings. The van der Waals surface area contributed by atoms with Crippen LogP contribution in [0.15, 0.2) is 42.5 Å². The molecule has 0 aromatic heterocycles. The van der Waals surface area contributed by atoms with Gasteiger partial charge in [-0.25, -0.2) is 0 Å². The number of carbonyl (C=O) groups excluding carboxylic acids is 2. The van der Waals surface area contributed by atoms with Gasteiger partial charge in [-0.1, -0.05) is 12.1 Å². The highest BCUT2D eigenvalue weighted by Crippen LogP contribution is 2.31. The molecule has 1 aliphatic rings. The highest BCUT2D eigenvalue weighted by atomic mass is 16.7. The van der Waals surface area contributed by atoms with Gasteiger partial charge in [-0.15, -0.1) is 0 Å². The van der Waals surface area contributed by atoms with Crippen molar-refractivity contribution in [2.75, 3.05) is 40.3 Å². The van der Waals surface area contributed by atoms with Crippen molar-refractivity contribution in [3.8, 4) is 17.2 Å². The third-order valence-corrected chi connectivity index (χ3v) is 4.34. The van der Waals surface area contributed by atoms with Crippen LogP contribution in [0.4, 0.5) is 0 Å². The Balaban J connectivity index is 1.51. The van der Waals surface area contributed by atoms with E-state index in [4.69, 9.17) is 23.7 Å². The van der Waals surface area contributed by atoms with Crippen molar-refractivity contribution in [2.45, 2.75) is 12.8 Å². The number of Topliss-reactive ketones (excluding diaryl/α,β-unsaturated/α-hetero) is 2. The van der Waals surface area contributed by atoms with Crippen molar-refractivity contribution in [3.05, 3.63) is 53.6 Å². The van der Waals surface area contributed by atoms with E-state index < -0.39 is 0 Å². The molecule has 0 N–H and O–H groups in total. The smallest absolute Gasteiger partial charge is 0.189 e. The number of ether oxygens (including phenoxy) is 5. The van der Waals surface area contributed by atoms with Gasteiger partial charge in [0.25, 0.3) is 0 Å². The van der Waals surface area contributed by atoms with Gasteiger partial charge in [0, 0.05) is 31.1 Å². The summed E-state index contributed by atoms with van der Waals surface area (Å²) in [5, 5.41) is 0. The number of hydrogen-bond acceptors (Lipinski definition) is 7. The van der Waals surface area contributed by atoms with Crippen molar-refractivity contribution in [2.24, 2.45) is 0 Å². The Hall–Kier alpha value is -2.90. The monoisotopic (exact) mass is 400 g/mol. The molecule has 154 valence electrons. The van der Waals surface area contributed by atoms with Crippen LogP contribution in [-0.2, 0) is 9.47 Å². The van der Waals surface area contributed by atoms with Gasteiger partial charge in [0.2, 0.25) is 0 Å². The van der Waals surface area contributed by atoms with Crippen LogP contribution >= 0.6 is 0 Å². The number of fused-ring (bicyclic) bond motifs is 1. The zero-order valence-electron chi connectivity index (χ0n) is 16.3. The predicted molar refractivity (Wildman–Crippen MR) is 105 cm³/mol. The van der Waals surface area contributed by atoms with Gasteiger partial charge in [0.1, 0.15) is 19.0 Å². The number of carbonyl (C=O) groups is 2. The van der Waals surface area contributed by atoms with Gasteiger partial charge in [0.05, 0.1) is 13.2 Å². The van der Waals surface area contributed by atoms with E-state index in [-0.39, 0.29) is 31.2 Å². The maximum atomic E-state index is 12.5. The quantitative estimate of drug-likeness (QED) is 0.325. The second kappa shape index (κ2) is 10.6. The Morgan fingerprint density at radius 1 is 0.897 bits per heavy atom. The summed E-state index contributed by atoms with van der Waals surface area (Å²) in [5.41, 5.74) is 1.00. The molecule has 2 aromatic rings. The number of hydrogen-bond donors (Lipinski definition) is 0. The SMILES string of the molecule is COCCOCOc1cccc(C(=O)CCC(=O)c2ccc3c(c2)OCCO3)c1. The molecule has 0 atom stereocenters. The summed E-state index contributed by atoms with van der Waals surface area (Å²) in [6.45, 7) is 1.94. The summed E-state index contributed by atoms with van der Waals surface area (Å²) in [5.74, 6) is 1.49. The van der Waals surface area contributed by atoms with E-state index in [1.807, 2.05) is 0 Å². The minimum atomic E-state index is -0.123. The molecule has 0 amide bonds. The van der Waals surface area contributed by atoms with Gasteiger partial charge >= 0.3 is 0 Å². The van der Waals surface area contributed by atoms with E-state index >= 15 is 0 Å². The molecule has 2 aromatic carbocycles. The number of methoxy groups -OCH3 is 1. The Labute approximate surface area is 169 Å². The third-order valence-electron chi connectivity index (χ3n) is 4.34. The van der Waals surface area contributed by atoms with Crippen LogP contribution < -0.4 is 14.2 Å². The molecule has 1 aliphatic heterocycles. The second-order valence-corrected chi connectivity index (χ2v) is 6.40. The number of benzene rings is 2. The molecular formula is C22H24O7. The predicted octanol–water partition coefficient (Wildman–Crippen LogP) is 3.30. The zero-order chi connectivity index (χ0) is 20.5. The van der Waals surface area contributed by atoms with Gasteiger partial charge < -0.3 is 23.7 Å². The highest BCUT2D eigenvalue weighted by molar-refractivity contribution is 6.02. The average molecular weight is 400 g/mol. The summed E-state index contributed by atoms with van der Waals surface area (Å²) in [6, 6.07) is 11.9. The van der Waals surface area contributed by atoms with Crippen LogP contribution in [0.5, 0.6) is 17.2 Å². The summed E-state index contributed by atoms with van der Waals surface area (Å²) in [4.78, 5) is 24.9. The minimum absolute atomic E-state index is 0.0730. The van der Waals surface area contributed by atoms with Crippen molar-refractivity contribution in [1.29, 1.82) is 0 Å². The maximum Gasteiger partial charge on any atom is 0.189 e. The average Bonchev–Trinajstić information content (AvgIpc) is 2.77. The molecule has 3 rings (SSSR count). The van der Waals surface area contributed by atoms with Gasteiger partial charge in [0.15, 0.2) is 29.9 Å². The van der Waals surface area contributed by atoms with Gasteiger partial charge in [-0.2, -0.15) is 0 Å². The zero-order valence-corrected chi connectivity index (χ0v) is 16.3. The molecule has 7 heteroatoms. The standard InChI is InChI=1S/C22H24O7/c1-25-9-10-26-15-29-18-4-2-3-16(13-18)19(23)6-7-20(24)17-5-8-21-22(14-17)28-12-11-27-21/h2-5,8,13-14H,6-7,9-12,15H2,1H3. The fourth-order valence-electron chi connectivity index (χ4n) is 2.80. The van der Waals surface area contributed by atoms with E-state index in [1.165, 1.54) is 0 Å². The lowest BCUT2D eigenvalue weighted by molar-refractivity contribution is -0.00849. The molecular weight excluding hydrogens is 376 g/mol. The Morgan fingerprint density at radius 2 is 1.62 bits per heavy atom. The van der Waals surface area contributed by atoms with Crippen molar-refractivity contribution in [3.63, 3.8) is 0 Å².